The van der Waals surface area contributed by atoms with Gasteiger partial charge in [0.2, 0.25) is 5.82 Å². The van der Waals surface area contributed by atoms with E-state index in [1.54, 1.807) is 0 Å². The van der Waals surface area contributed by atoms with E-state index >= 15 is 0 Å². The Balaban J connectivity index is 2.64. The maximum atomic E-state index is 13.4. The highest BCUT2D eigenvalue weighted by atomic mass is 19.2. The Bertz CT molecular complexity index is 588. The molecule has 0 spiro atoms. The number of aliphatic hydroxyl groups excluding tert-OH is 1. The molecule has 0 saturated carbocycles. The molecule has 0 unspecified atom stereocenters. The van der Waals surface area contributed by atoms with Crippen LogP contribution in [0.15, 0.2) is 24.4 Å². The van der Waals surface area contributed by atoms with Gasteiger partial charge in [-0.1, -0.05) is 6.07 Å². The van der Waals surface area contributed by atoms with Gasteiger partial charge < -0.3 is 5.11 Å². The molecule has 2 aromatic rings. The molecule has 1 heterocycles. The van der Waals surface area contributed by atoms with Gasteiger partial charge in [-0.25, -0.2) is 22.0 Å². The highest BCUT2D eigenvalue weighted by molar-refractivity contribution is 5.30. The predicted molar refractivity (Wildman–Crippen MR) is 54.5 cm³/mol. The van der Waals surface area contributed by atoms with Gasteiger partial charge in [-0.05, 0) is 12.1 Å². The molecule has 0 saturated heterocycles. The van der Waals surface area contributed by atoms with Gasteiger partial charge in [0.1, 0.15) is 6.10 Å². The van der Waals surface area contributed by atoms with Crippen LogP contribution in [0.3, 0.4) is 0 Å². The molecule has 0 aliphatic rings. The van der Waals surface area contributed by atoms with Crippen LogP contribution in [0.2, 0.25) is 0 Å². The molecule has 1 atom stereocenters. The van der Waals surface area contributed by atoms with Crippen molar-refractivity contribution in [2.75, 3.05) is 0 Å². The average molecular weight is 275 g/mol. The second-order valence-corrected chi connectivity index (χ2v) is 3.64. The van der Waals surface area contributed by atoms with Crippen molar-refractivity contribution >= 4 is 0 Å². The zero-order valence-corrected chi connectivity index (χ0v) is 9.17. The highest BCUT2D eigenvalue weighted by Crippen LogP contribution is 2.30. The predicted octanol–water partition coefficient (Wildman–Crippen LogP) is 2.86. The van der Waals surface area contributed by atoms with Gasteiger partial charge in [0.15, 0.2) is 23.3 Å². The Kier molecular flexibility index (Phi) is 3.48. The minimum atomic E-state index is -2.27. The summed E-state index contributed by atoms with van der Waals surface area (Å²) in [4.78, 5) is 3.60. The SMILES string of the molecule is O[C@H](c1ccccn1)c1c(F)c(F)c(F)c(F)c1F. The fraction of sp³-hybridized carbons (Fsp3) is 0.0833. The Morgan fingerprint density at radius 1 is 0.842 bits per heavy atom. The number of hydrogen-bond donors (Lipinski definition) is 1. The number of rotatable bonds is 2. The number of pyridine rings is 1. The van der Waals surface area contributed by atoms with E-state index in [1.165, 1.54) is 24.4 Å². The molecule has 0 bridgehead atoms. The minimum Gasteiger partial charge on any atom is -0.382 e. The van der Waals surface area contributed by atoms with Crippen molar-refractivity contribution in [3.05, 3.63) is 64.7 Å². The summed E-state index contributed by atoms with van der Waals surface area (Å²) < 4.78 is 65.7. The van der Waals surface area contributed by atoms with Gasteiger partial charge >= 0.3 is 0 Å². The largest absolute Gasteiger partial charge is 0.382 e. The molecular weight excluding hydrogens is 269 g/mol. The van der Waals surface area contributed by atoms with Crippen LogP contribution in [0.1, 0.15) is 17.4 Å². The Hall–Kier alpha value is -2.02. The third-order valence-corrected chi connectivity index (χ3v) is 2.49. The van der Waals surface area contributed by atoms with E-state index in [0.717, 1.165) is 0 Å². The van der Waals surface area contributed by atoms with Gasteiger partial charge in [-0.15, -0.1) is 0 Å². The number of aliphatic hydroxyl groups is 1. The zero-order valence-electron chi connectivity index (χ0n) is 9.17. The minimum absolute atomic E-state index is 0.231. The van der Waals surface area contributed by atoms with Crippen molar-refractivity contribution in [3.63, 3.8) is 0 Å². The summed E-state index contributed by atoms with van der Waals surface area (Å²) in [6.07, 6.45) is -0.837. The van der Waals surface area contributed by atoms with Crippen molar-refractivity contribution in [2.45, 2.75) is 6.10 Å². The molecule has 0 amide bonds. The van der Waals surface area contributed by atoms with E-state index in [-0.39, 0.29) is 5.69 Å². The van der Waals surface area contributed by atoms with Gasteiger partial charge in [0.05, 0.1) is 11.3 Å². The monoisotopic (exact) mass is 275 g/mol. The van der Waals surface area contributed by atoms with E-state index in [9.17, 15) is 27.1 Å². The molecular formula is C12H6F5NO. The van der Waals surface area contributed by atoms with Crippen LogP contribution in [0.5, 0.6) is 0 Å². The molecule has 1 N–H and O–H groups in total. The summed E-state index contributed by atoms with van der Waals surface area (Å²) in [5, 5.41) is 9.70. The van der Waals surface area contributed by atoms with Gasteiger partial charge in [-0.3, -0.25) is 4.98 Å². The van der Waals surface area contributed by atoms with Gasteiger partial charge in [-0.2, -0.15) is 0 Å². The number of nitrogens with zero attached hydrogens (tertiary/aromatic N) is 1. The van der Waals surface area contributed by atoms with Crippen molar-refractivity contribution in [1.82, 2.24) is 4.98 Å². The summed E-state index contributed by atoms with van der Waals surface area (Å²) in [5.74, 6) is -10.6. The summed E-state index contributed by atoms with van der Waals surface area (Å²) in [6, 6.07) is 4.06. The number of hydrogen-bond acceptors (Lipinski definition) is 2. The number of aromatic nitrogens is 1. The Morgan fingerprint density at radius 2 is 1.37 bits per heavy atom. The first-order valence-corrected chi connectivity index (χ1v) is 5.05. The molecule has 1 aromatic heterocycles. The summed E-state index contributed by atoms with van der Waals surface area (Å²) >= 11 is 0. The third-order valence-electron chi connectivity index (χ3n) is 2.49. The number of benzene rings is 1. The Morgan fingerprint density at radius 3 is 1.84 bits per heavy atom. The van der Waals surface area contributed by atoms with Gasteiger partial charge in [0, 0.05) is 6.20 Å². The molecule has 2 rings (SSSR count). The topological polar surface area (TPSA) is 33.1 Å². The summed E-state index contributed by atoms with van der Waals surface area (Å²) in [6.45, 7) is 0. The van der Waals surface area contributed by atoms with Crippen molar-refractivity contribution < 1.29 is 27.1 Å². The standard InChI is InChI=1S/C12H6F5NO/c13-7-6(8(14)10(16)11(17)9(7)15)12(19)5-3-1-2-4-18-5/h1-4,12,19H/t12-/m1/s1. The molecule has 7 heteroatoms. The lowest BCUT2D eigenvalue weighted by atomic mass is 10.0. The van der Waals surface area contributed by atoms with E-state index in [2.05, 4.69) is 4.98 Å². The summed E-state index contributed by atoms with van der Waals surface area (Å²) in [5.41, 5.74) is -1.55. The van der Waals surface area contributed by atoms with Crippen LogP contribution in [-0.4, -0.2) is 10.1 Å². The van der Waals surface area contributed by atoms with Crippen LogP contribution in [0, 0.1) is 29.1 Å². The molecule has 0 radical (unpaired) electrons. The highest BCUT2D eigenvalue weighted by Gasteiger charge is 2.30. The number of halogens is 5. The third kappa shape index (κ3) is 2.17. The van der Waals surface area contributed by atoms with Gasteiger partial charge in [0.25, 0.3) is 0 Å². The average Bonchev–Trinajstić information content (AvgIpc) is 2.44. The smallest absolute Gasteiger partial charge is 0.200 e. The lowest BCUT2D eigenvalue weighted by Crippen LogP contribution is -2.13. The fourth-order valence-electron chi connectivity index (χ4n) is 1.55. The first-order chi connectivity index (χ1) is 8.95. The van der Waals surface area contributed by atoms with Crippen LogP contribution >= 0.6 is 0 Å². The first kappa shape index (κ1) is 13.4. The fourth-order valence-corrected chi connectivity index (χ4v) is 1.55. The van der Waals surface area contributed by atoms with Crippen molar-refractivity contribution in [3.8, 4) is 0 Å². The molecule has 0 fully saturated rings. The second kappa shape index (κ2) is 4.93. The molecule has 2 nitrogen and oxygen atoms in total. The summed E-state index contributed by atoms with van der Waals surface area (Å²) in [7, 11) is 0. The maximum absolute atomic E-state index is 13.4. The maximum Gasteiger partial charge on any atom is 0.200 e. The first-order valence-electron chi connectivity index (χ1n) is 5.05. The van der Waals surface area contributed by atoms with Crippen LogP contribution < -0.4 is 0 Å². The van der Waals surface area contributed by atoms with Crippen LogP contribution in [0.4, 0.5) is 22.0 Å². The molecule has 0 aliphatic heterocycles. The molecule has 0 aliphatic carbocycles. The van der Waals surface area contributed by atoms with Crippen molar-refractivity contribution in [1.29, 1.82) is 0 Å². The van der Waals surface area contributed by atoms with E-state index in [1.807, 2.05) is 0 Å². The zero-order chi connectivity index (χ0) is 14.2. The Labute approximate surface area is 104 Å². The molecule has 100 valence electrons. The molecule has 19 heavy (non-hydrogen) atoms. The van der Waals surface area contributed by atoms with Crippen molar-refractivity contribution in [2.24, 2.45) is 0 Å². The van der Waals surface area contributed by atoms with E-state index < -0.39 is 40.8 Å². The molecule has 1 aromatic carbocycles. The lowest BCUT2D eigenvalue weighted by molar-refractivity contribution is 0.198. The lowest BCUT2D eigenvalue weighted by Gasteiger charge is -2.13. The normalized spacial score (nSPS) is 12.5. The van der Waals surface area contributed by atoms with Crippen LogP contribution in [0.25, 0.3) is 0 Å². The van der Waals surface area contributed by atoms with E-state index in [0.29, 0.717) is 0 Å². The van der Waals surface area contributed by atoms with E-state index in [4.69, 9.17) is 0 Å². The van der Waals surface area contributed by atoms with Crippen LogP contribution in [-0.2, 0) is 0 Å². The second-order valence-electron chi connectivity index (χ2n) is 3.64. The quantitative estimate of drug-likeness (QED) is 0.519.